The Balaban J connectivity index is 1.73. The van der Waals surface area contributed by atoms with Crippen molar-refractivity contribution in [2.24, 2.45) is 0 Å². The largest absolute Gasteiger partial charge is 0.472 e. The summed E-state index contributed by atoms with van der Waals surface area (Å²) in [6, 6.07) is 5.06. The first-order chi connectivity index (χ1) is 12.8. The van der Waals surface area contributed by atoms with Crippen LogP contribution in [0.2, 0.25) is 0 Å². The second-order valence-corrected chi connectivity index (χ2v) is 9.09. The Morgan fingerprint density at radius 3 is 2.37 bits per heavy atom. The lowest BCUT2D eigenvalue weighted by Gasteiger charge is -2.33. The van der Waals surface area contributed by atoms with E-state index in [1.165, 1.54) is 6.26 Å². The topological polar surface area (TPSA) is 62.6 Å². The number of halogens is 3. The first kappa shape index (κ1) is 20.2. The molecule has 5 nitrogen and oxygen atoms in total. The summed E-state index contributed by atoms with van der Waals surface area (Å²) in [5.41, 5.74) is -0.0273. The van der Waals surface area contributed by atoms with Crippen LogP contribution in [0.3, 0.4) is 0 Å². The van der Waals surface area contributed by atoms with Crippen LogP contribution in [0.5, 0.6) is 0 Å². The zero-order valence-electron chi connectivity index (χ0n) is 14.3. The maximum atomic E-state index is 12.7. The fourth-order valence-corrected chi connectivity index (χ4v) is 4.88. The van der Waals surface area contributed by atoms with Gasteiger partial charge < -0.3 is 4.42 Å². The van der Waals surface area contributed by atoms with Crippen molar-refractivity contribution in [3.05, 3.63) is 54.0 Å². The summed E-state index contributed by atoms with van der Waals surface area (Å²) in [5.74, 6) is 1.92. The van der Waals surface area contributed by atoms with Gasteiger partial charge in [-0.2, -0.15) is 24.9 Å². The minimum absolute atomic E-state index is 0.105. The molecule has 0 radical (unpaired) electrons. The van der Waals surface area contributed by atoms with Gasteiger partial charge in [0.05, 0.1) is 29.0 Å². The van der Waals surface area contributed by atoms with Crippen molar-refractivity contribution in [1.82, 2.24) is 9.62 Å². The van der Waals surface area contributed by atoms with Gasteiger partial charge in [-0.3, -0.25) is 4.90 Å². The second-order valence-electron chi connectivity index (χ2n) is 6.09. The Labute approximate surface area is 160 Å². The van der Waals surface area contributed by atoms with E-state index in [1.54, 1.807) is 12.3 Å². The Morgan fingerprint density at radius 2 is 1.81 bits per heavy atom. The van der Waals surface area contributed by atoms with Gasteiger partial charge in [0.15, 0.2) is 0 Å². The van der Waals surface area contributed by atoms with E-state index in [4.69, 9.17) is 4.42 Å². The van der Waals surface area contributed by atoms with Crippen LogP contribution < -0.4 is 4.72 Å². The van der Waals surface area contributed by atoms with Crippen LogP contribution in [0.15, 0.2) is 52.2 Å². The van der Waals surface area contributed by atoms with Gasteiger partial charge >= 0.3 is 6.18 Å². The van der Waals surface area contributed by atoms with E-state index in [9.17, 15) is 21.6 Å². The molecule has 1 unspecified atom stereocenters. The number of hydrogen-bond donors (Lipinski definition) is 1. The van der Waals surface area contributed by atoms with Crippen molar-refractivity contribution in [3.63, 3.8) is 0 Å². The highest BCUT2D eigenvalue weighted by Gasteiger charge is 2.31. The summed E-state index contributed by atoms with van der Waals surface area (Å²) in [5, 5.41) is 0. The molecular weight excluding hydrogens is 401 g/mol. The number of benzene rings is 1. The summed E-state index contributed by atoms with van der Waals surface area (Å²) in [7, 11) is -3.93. The third kappa shape index (κ3) is 5.07. The number of sulfonamides is 1. The van der Waals surface area contributed by atoms with Crippen molar-refractivity contribution < 1.29 is 26.0 Å². The van der Waals surface area contributed by atoms with Gasteiger partial charge in [-0.1, -0.05) is 0 Å². The predicted molar refractivity (Wildman–Crippen MR) is 97.0 cm³/mol. The van der Waals surface area contributed by atoms with Gasteiger partial charge in [0, 0.05) is 36.7 Å². The lowest BCUT2D eigenvalue weighted by Crippen LogP contribution is -2.41. The summed E-state index contributed by atoms with van der Waals surface area (Å²) >= 11 is 1.84. The Kier molecular flexibility index (Phi) is 6.19. The number of furan rings is 1. The molecule has 3 rings (SSSR count). The number of nitrogens with zero attached hydrogens (tertiary/aromatic N) is 1. The molecule has 27 heavy (non-hydrogen) atoms. The van der Waals surface area contributed by atoms with Crippen LogP contribution in [0.1, 0.15) is 17.2 Å². The van der Waals surface area contributed by atoms with Crippen molar-refractivity contribution in [1.29, 1.82) is 0 Å². The molecule has 1 N–H and O–H groups in total. The molecular formula is C17H19F3N2O3S2. The van der Waals surface area contributed by atoms with Crippen molar-refractivity contribution >= 4 is 21.8 Å². The Hall–Kier alpha value is -1.49. The molecule has 1 saturated heterocycles. The smallest absolute Gasteiger partial charge is 0.416 e. The summed E-state index contributed by atoms with van der Waals surface area (Å²) in [6.07, 6.45) is -1.39. The van der Waals surface area contributed by atoms with Crippen LogP contribution >= 0.6 is 11.8 Å². The highest BCUT2D eigenvalue weighted by atomic mass is 32.2. The standard InChI is InChI=1S/C17H19F3N2O3S2/c18-17(19,20)14-1-3-15(4-2-14)27(23,24)21-11-16(13-5-8-25-12-13)22-6-9-26-10-7-22/h1-5,8,12,16,21H,6-7,9-11H2. The monoisotopic (exact) mass is 420 g/mol. The molecule has 148 valence electrons. The molecule has 0 saturated carbocycles. The molecule has 1 aromatic carbocycles. The molecule has 0 amide bonds. The zero-order valence-corrected chi connectivity index (χ0v) is 15.9. The molecule has 10 heteroatoms. The van der Waals surface area contributed by atoms with Crippen LogP contribution in [-0.2, 0) is 16.2 Å². The van der Waals surface area contributed by atoms with E-state index in [0.29, 0.717) is 0 Å². The number of nitrogens with one attached hydrogen (secondary N) is 1. The van der Waals surface area contributed by atoms with Crippen LogP contribution in [-0.4, -0.2) is 44.5 Å². The van der Waals surface area contributed by atoms with Gasteiger partial charge in [-0.25, -0.2) is 13.1 Å². The molecule has 0 bridgehead atoms. The predicted octanol–water partition coefficient (Wildman–Crippen LogP) is 3.37. The fourth-order valence-electron chi connectivity index (χ4n) is 2.91. The summed E-state index contributed by atoms with van der Waals surface area (Å²) in [4.78, 5) is 1.98. The van der Waals surface area contributed by atoms with Crippen LogP contribution in [0, 0.1) is 0 Å². The molecule has 1 aromatic heterocycles. The average molecular weight is 420 g/mol. The average Bonchev–Trinajstić information content (AvgIpc) is 3.16. The Morgan fingerprint density at radius 1 is 1.15 bits per heavy atom. The number of thioether (sulfide) groups is 1. The second kappa shape index (κ2) is 8.26. The normalized spacial score (nSPS) is 17.7. The van der Waals surface area contributed by atoms with Gasteiger partial charge in [-0.05, 0) is 30.3 Å². The molecule has 1 atom stereocenters. The minimum atomic E-state index is -4.51. The molecule has 1 aliphatic rings. The SMILES string of the molecule is O=S(=O)(NCC(c1ccoc1)N1CCSCC1)c1ccc(C(F)(F)F)cc1. The third-order valence-corrected chi connectivity index (χ3v) is 6.76. The number of hydrogen-bond acceptors (Lipinski definition) is 5. The van der Waals surface area contributed by atoms with E-state index in [-0.39, 0.29) is 17.5 Å². The van der Waals surface area contributed by atoms with E-state index >= 15 is 0 Å². The maximum Gasteiger partial charge on any atom is 0.416 e. The first-order valence-electron chi connectivity index (χ1n) is 8.28. The fraction of sp³-hybridized carbons (Fsp3) is 0.412. The molecule has 2 aromatic rings. The first-order valence-corrected chi connectivity index (χ1v) is 10.9. The zero-order chi connectivity index (χ0) is 19.5. The Bertz CT molecular complexity index is 831. The summed E-state index contributed by atoms with van der Waals surface area (Å²) in [6.45, 7) is 1.75. The molecule has 0 spiro atoms. The van der Waals surface area contributed by atoms with Crippen molar-refractivity contribution in [2.45, 2.75) is 17.1 Å². The van der Waals surface area contributed by atoms with Crippen LogP contribution in [0.25, 0.3) is 0 Å². The quantitative estimate of drug-likeness (QED) is 0.777. The third-order valence-electron chi connectivity index (χ3n) is 4.37. The molecule has 1 aliphatic heterocycles. The van der Waals surface area contributed by atoms with Gasteiger partial charge in [0.2, 0.25) is 10.0 Å². The minimum Gasteiger partial charge on any atom is -0.472 e. The van der Waals surface area contributed by atoms with Gasteiger partial charge in [0.25, 0.3) is 0 Å². The maximum absolute atomic E-state index is 12.7. The van der Waals surface area contributed by atoms with E-state index in [0.717, 1.165) is 54.4 Å². The van der Waals surface area contributed by atoms with E-state index in [1.807, 2.05) is 11.8 Å². The van der Waals surface area contributed by atoms with Crippen molar-refractivity contribution in [2.75, 3.05) is 31.1 Å². The highest BCUT2D eigenvalue weighted by Crippen LogP contribution is 2.30. The number of alkyl halides is 3. The van der Waals surface area contributed by atoms with Gasteiger partial charge in [0.1, 0.15) is 0 Å². The van der Waals surface area contributed by atoms with Crippen molar-refractivity contribution in [3.8, 4) is 0 Å². The molecule has 1 fully saturated rings. The van der Waals surface area contributed by atoms with E-state index in [2.05, 4.69) is 9.62 Å². The number of rotatable bonds is 6. The molecule has 0 aliphatic carbocycles. The lowest BCUT2D eigenvalue weighted by atomic mass is 10.1. The van der Waals surface area contributed by atoms with Crippen LogP contribution in [0.4, 0.5) is 13.2 Å². The summed E-state index contributed by atoms with van der Waals surface area (Å²) < 4.78 is 70.6. The van der Waals surface area contributed by atoms with Gasteiger partial charge in [-0.15, -0.1) is 0 Å². The highest BCUT2D eigenvalue weighted by molar-refractivity contribution is 7.99. The molecule has 2 heterocycles. The lowest BCUT2D eigenvalue weighted by molar-refractivity contribution is -0.137. The van der Waals surface area contributed by atoms with E-state index < -0.39 is 21.8 Å².